The maximum atomic E-state index is 13.6. The first-order valence-corrected chi connectivity index (χ1v) is 5.90. The second kappa shape index (κ2) is 5.65. The summed E-state index contributed by atoms with van der Waals surface area (Å²) < 4.78 is 13.6. The smallest absolute Gasteiger partial charge is 0.146 e. The van der Waals surface area contributed by atoms with E-state index in [1.165, 1.54) is 6.07 Å². The molecule has 2 nitrogen and oxygen atoms in total. The van der Waals surface area contributed by atoms with E-state index < -0.39 is 0 Å². The molecular weight excluding hydrogens is 229 g/mol. The van der Waals surface area contributed by atoms with E-state index in [2.05, 4.69) is 5.32 Å². The third kappa shape index (κ3) is 2.68. The molecule has 1 unspecified atom stereocenters. The molecule has 2 aromatic carbocycles. The van der Waals surface area contributed by atoms with E-state index in [0.29, 0.717) is 5.69 Å². The molecule has 0 radical (unpaired) electrons. The zero-order valence-electron chi connectivity index (χ0n) is 10.2. The summed E-state index contributed by atoms with van der Waals surface area (Å²) in [6.45, 7) is 1.89. The molecule has 2 N–H and O–H groups in total. The molecule has 0 aromatic heterocycles. The van der Waals surface area contributed by atoms with Gasteiger partial charge in [-0.05, 0) is 30.2 Å². The van der Waals surface area contributed by atoms with E-state index in [4.69, 9.17) is 0 Å². The fraction of sp³-hybridized carbons (Fsp3) is 0.200. The topological polar surface area (TPSA) is 32.3 Å². The van der Waals surface area contributed by atoms with Crippen LogP contribution < -0.4 is 5.32 Å². The minimum Gasteiger partial charge on any atom is -0.394 e. The molecule has 0 spiro atoms. The van der Waals surface area contributed by atoms with Crippen molar-refractivity contribution in [3.63, 3.8) is 0 Å². The fourth-order valence-electron chi connectivity index (χ4n) is 1.97. The standard InChI is InChI=1S/C15H16FNO/c1-11-6-2-3-7-12(11)15(10-18)17-14-9-5-4-8-13(14)16/h2-9,15,17-18H,10H2,1H3. The van der Waals surface area contributed by atoms with Crippen LogP contribution in [-0.2, 0) is 0 Å². The second-order valence-corrected chi connectivity index (χ2v) is 4.22. The predicted octanol–water partition coefficient (Wildman–Crippen LogP) is 3.28. The number of hydrogen-bond acceptors (Lipinski definition) is 2. The number of nitrogens with one attached hydrogen (secondary N) is 1. The Labute approximate surface area is 106 Å². The van der Waals surface area contributed by atoms with E-state index in [9.17, 15) is 9.50 Å². The molecule has 3 heteroatoms. The summed E-state index contributed by atoms with van der Waals surface area (Å²) in [5.74, 6) is -0.315. The van der Waals surface area contributed by atoms with Gasteiger partial charge in [0, 0.05) is 0 Å². The molecule has 2 aromatic rings. The number of aryl methyl sites for hydroxylation is 1. The molecule has 0 fully saturated rings. The average Bonchev–Trinajstić information content (AvgIpc) is 2.39. The van der Waals surface area contributed by atoms with E-state index in [1.807, 2.05) is 31.2 Å². The van der Waals surface area contributed by atoms with Crippen molar-refractivity contribution in [3.05, 3.63) is 65.5 Å². The fourth-order valence-corrected chi connectivity index (χ4v) is 1.97. The molecule has 0 aliphatic carbocycles. The van der Waals surface area contributed by atoms with Gasteiger partial charge in [0.25, 0.3) is 0 Å². The molecule has 0 aliphatic rings. The number of anilines is 1. The normalized spacial score (nSPS) is 12.2. The first-order chi connectivity index (χ1) is 8.72. The van der Waals surface area contributed by atoms with Gasteiger partial charge in [-0.15, -0.1) is 0 Å². The van der Waals surface area contributed by atoms with Crippen molar-refractivity contribution >= 4 is 5.69 Å². The molecule has 0 aliphatic heterocycles. The number of para-hydroxylation sites is 1. The van der Waals surface area contributed by atoms with Gasteiger partial charge in [0.15, 0.2) is 0 Å². The SMILES string of the molecule is Cc1ccccc1C(CO)Nc1ccccc1F. The van der Waals surface area contributed by atoms with E-state index in [0.717, 1.165) is 11.1 Å². The molecule has 0 heterocycles. The Hall–Kier alpha value is -1.87. The molecule has 0 saturated heterocycles. The van der Waals surface area contributed by atoms with Crippen LogP contribution in [-0.4, -0.2) is 11.7 Å². The van der Waals surface area contributed by atoms with E-state index >= 15 is 0 Å². The maximum Gasteiger partial charge on any atom is 0.146 e. The predicted molar refractivity (Wildman–Crippen MR) is 71.0 cm³/mol. The van der Waals surface area contributed by atoms with Gasteiger partial charge in [-0.3, -0.25) is 0 Å². The van der Waals surface area contributed by atoms with Crippen LogP contribution in [0.5, 0.6) is 0 Å². The van der Waals surface area contributed by atoms with Crippen molar-refractivity contribution in [1.82, 2.24) is 0 Å². The zero-order valence-corrected chi connectivity index (χ0v) is 10.2. The highest BCUT2D eigenvalue weighted by Crippen LogP contribution is 2.23. The minimum absolute atomic E-state index is 0.0841. The Kier molecular flexibility index (Phi) is 3.95. The molecule has 0 saturated carbocycles. The molecule has 94 valence electrons. The highest BCUT2D eigenvalue weighted by molar-refractivity contribution is 5.47. The van der Waals surface area contributed by atoms with Crippen molar-refractivity contribution in [3.8, 4) is 0 Å². The highest BCUT2D eigenvalue weighted by atomic mass is 19.1. The lowest BCUT2D eigenvalue weighted by molar-refractivity contribution is 0.275. The van der Waals surface area contributed by atoms with Crippen molar-refractivity contribution in [2.75, 3.05) is 11.9 Å². The third-order valence-electron chi connectivity index (χ3n) is 2.95. The first kappa shape index (κ1) is 12.6. The monoisotopic (exact) mass is 245 g/mol. The van der Waals surface area contributed by atoms with Crippen molar-refractivity contribution in [2.24, 2.45) is 0 Å². The number of halogens is 1. The summed E-state index contributed by atoms with van der Waals surface area (Å²) >= 11 is 0. The summed E-state index contributed by atoms with van der Waals surface area (Å²) in [7, 11) is 0. The maximum absolute atomic E-state index is 13.6. The van der Waals surface area contributed by atoms with Crippen LogP contribution >= 0.6 is 0 Å². The van der Waals surface area contributed by atoms with Gasteiger partial charge in [0.05, 0.1) is 18.3 Å². The quantitative estimate of drug-likeness (QED) is 0.866. The molecular formula is C15H16FNO. The lowest BCUT2D eigenvalue weighted by Crippen LogP contribution is -2.16. The Morgan fingerprint density at radius 1 is 1.11 bits per heavy atom. The lowest BCUT2D eigenvalue weighted by Gasteiger charge is -2.20. The zero-order chi connectivity index (χ0) is 13.0. The van der Waals surface area contributed by atoms with Crippen LogP contribution in [0.2, 0.25) is 0 Å². The van der Waals surface area contributed by atoms with Gasteiger partial charge in [-0.25, -0.2) is 4.39 Å². The third-order valence-corrected chi connectivity index (χ3v) is 2.95. The van der Waals surface area contributed by atoms with Crippen LogP contribution in [0, 0.1) is 12.7 Å². The summed E-state index contributed by atoms with van der Waals surface area (Å²) in [5.41, 5.74) is 2.45. The Morgan fingerprint density at radius 2 is 1.78 bits per heavy atom. The van der Waals surface area contributed by atoms with E-state index in [-0.39, 0.29) is 18.5 Å². The van der Waals surface area contributed by atoms with Crippen molar-refractivity contribution in [1.29, 1.82) is 0 Å². The van der Waals surface area contributed by atoms with Gasteiger partial charge in [0.2, 0.25) is 0 Å². The van der Waals surface area contributed by atoms with Crippen molar-refractivity contribution < 1.29 is 9.50 Å². The molecule has 1 atom stereocenters. The summed E-state index contributed by atoms with van der Waals surface area (Å²) in [5, 5.41) is 12.5. The number of benzene rings is 2. The van der Waals surface area contributed by atoms with Gasteiger partial charge in [0.1, 0.15) is 5.82 Å². The second-order valence-electron chi connectivity index (χ2n) is 4.22. The van der Waals surface area contributed by atoms with Crippen molar-refractivity contribution in [2.45, 2.75) is 13.0 Å². The Balaban J connectivity index is 2.26. The lowest BCUT2D eigenvalue weighted by atomic mass is 10.0. The Morgan fingerprint density at radius 3 is 2.44 bits per heavy atom. The van der Waals surface area contributed by atoms with Gasteiger partial charge in [-0.2, -0.15) is 0 Å². The van der Waals surface area contributed by atoms with Crippen LogP contribution in [0.4, 0.5) is 10.1 Å². The number of aliphatic hydroxyl groups is 1. The van der Waals surface area contributed by atoms with Crippen LogP contribution in [0.15, 0.2) is 48.5 Å². The summed E-state index contributed by atoms with van der Waals surface area (Å²) in [6, 6.07) is 13.9. The minimum atomic E-state index is -0.315. The van der Waals surface area contributed by atoms with Gasteiger partial charge in [-0.1, -0.05) is 36.4 Å². The summed E-state index contributed by atoms with van der Waals surface area (Å²) in [6.07, 6.45) is 0. The molecule has 0 bridgehead atoms. The average molecular weight is 245 g/mol. The number of aliphatic hydroxyl groups excluding tert-OH is 1. The number of hydrogen-bond donors (Lipinski definition) is 2. The molecule has 0 amide bonds. The number of rotatable bonds is 4. The Bertz CT molecular complexity index is 527. The van der Waals surface area contributed by atoms with Crippen LogP contribution in [0.1, 0.15) is 17.2 Å². The van der Waals surface area contributed by atoms with Gasteiger partial charge < -0.3 is 10.4 Å². The van der Waals surface area contributed by atoms with Crippen LogP contribution in [0.25, 0.3) is 0 Å². The highest BCUT2D eigenvalue weighted by Gasteiger charge is 2.13. The molecule has 2 rings (SSSR count). The summed E-state index contributed by atoms with van der Waals surface area (Å²) in [4.78, 5) is 0. The molecule has 18 heavy (non-hydrogen) atoms. The van der Waals surface area contributed by atoms with Crippen LogP contribution in [0.3, 0.4) is 0 Å². The van der Waals surface area contributed by atoms with E-state index in [1.54, 1.807) is 18.2 Å². The largest absolute Gasteiger partial charge is 0.394 e. The first-order valence-electron chi connectivity index (χ1n) is 5.90. The van der Waals surface area contributed by atoms with Gasteiger partial charge >= 0.3 is 0 Å².